The van der Waals surface area contributed by atoms with E-state index in [1.165, 1.54) is 22.4 Å². The molecular weight excluding hydrogens is 390 g/mol. The third-order valence-corrected chi connectivity index (χ3v) is 6.36. The van der Waals surface area contributed by atoms with Crippen molar-refractivity contribution in [1.82, 2.24) is 0 Å². The van der Waals surface area contributed by atoms with Gasteiger partial charge in [-0.15, -0.1) is 0 Å². The van der Waals surface area contributed by atoms with Gasteiger partial charge in [0.05, 0.1) is 12.1 Å². The standard InChI is InChI=1S/C30H29NO/c1-5-13-24(14-6-1)29-23-28(21-22-31(29)27-19-11-4-12-20-27)32-30(25-15-7-2-8-16-25)26-17-9-3-10-18-26/h1-20,28-30H,21-23H2/t28-,29-/m1/s1. The van der Waals surface area contributed by atoms with Crippen LogP contribution in [0.4, 0.5) is 5.69 Å². The van der Waals surface area contributed by atoms with Crippen LogP contribution in [0.1, 0.15) is 41.7 Å². The molecule has 2 heteroatoms. The molecule has 0 spiro atoms. The van der Waals surface area contributed by atoms with Gasteiger partial charge in [-0.05, 0) is 41.7 Å². The molecule has 1 aliphatic rings. The zero-order chi connectivity index (χ0) is 21.6. The zero-order valence-corrected chi connectivity index (χ0v) is 18.3. The zero-order valence-electron chi connectivity index (χ0n) is 18.3. The summed E-state index contributed by atoms with van der Waals surface area (Å²) in [4.78, 5) is 2.54. The lowest BCUT2D eigenvalue weighted by Gasteiger charge is -2.42. The maximum absolute atomic E-state index is 6.87. The number of ether oxygens (including phenoxy) is 1. The molecule has 1 fully saturated rings. The van der Waals surface area contributed by atoms with Gasteiger partial charge >= 0.3 is 0 Å². The highest BCUT2D eigenvalue weighted by Crippen LogP contribution is 2.38. The van der Waals surface area contributed by atoms with Crippen LogP contribution in [0.3, 0.4) is 0 Å². The van der Waals surface area contributed by atoms with Crippen molar-refractivity contribution in [2.75, 3.05) is 11.4 Å². The lowest BCUT2D eigenvalue weighted by Crippen LogP contribution is -2.40. The number of nitrogens with zero attached hydrogens (tertiary/aromatic N) is 1. The molecule has 1 aliphatic heterocycles. The van der Waals surface area contributed by atoms with Gasteiger partial charge < -0.3 is 9.64 Å². The Morgan fingerprint density at radius 3 is 1.69 bits per heavy atom. The second-order valence-electron chi connectivity index (χ2n) is 8.44. The lowest BCUT2D eigenvalue weighted by molar-refractivity contribution is -0.0122. The van der Waals surface area contributed by atoms with Crippen molar-refractivity contribution in [3.8, 4) is 0 Å². The van der Waals surface area contributed by atoms with Crippen LogP contribution < -0.4 is 4.90 Å². The molecule has 0 N–H and O–H groups in total. The molecule has 0 saturated carbocycles. The first-order chi connectivity index (χ1) is 15.9. The first-order valence-corrected chi connectivity index (χ1v) is 11.5. The van der Waals surface area contributed by atoms with Gasteiger partial charge in [-0.2, -0.15) is 0 Å². The van der Waals surface area contributed by atoms with Crippen LogP contribution in [0.5, 0.6) is 0 Å². The number of benzene rings is 4. The second-order valence-corrected chi connectivity index (χ2v) is 8.44. The molecule has 0 aromatic heterocycles. The van der Waals surface area contributed by atoms with Crippen molar-refractivity contribution in [1.29, 1.82) is 0 Å². The molecule has 160 valence electrons. The van der Waals surface area contributed by atoms with Crippen molar-refractivity contribution >= 4 is 5.69 Å². The Bertz CT molecular complexity index is 1040. The van der Waals surface area contributed by atoms with Gasteiger partial charge in [0.25, 0.3) is 0 Å². The normalized spacial score (nSPS) is 18.6. The Labute approximate surface area is 191 Å². The Kier molecular flexibility index (Phi) is 6.32. The second kappa shape index (κ2) is 9.84. The van der Waals surface area contributed by atoms with E-state index in [0.29, 0.717) is 6.04 Å². The fourth-order valence-corrected chi connectivity index (χ4v) is 4.77. The molecule has 0 unspecified atom stereocenters. The lowest BCUT2D eigenvalue weighted by atomic mass is 9.92. The predicted octanol–water partition coefficient (Wildman–Crippen LogP) is 7.20. The van der Waals surface area contributed by atoms with E-state index in [4.69, 9.17) is 4.74 Å². The minimum Gasteiger partial charge on any atom is -0.365 e. The number of anilines is 1. The maximum Gasteiger partial charge on any atom is 0.108 e. The molecule has 5 rings (SSSR count). The van der Waals surface area contributed by atoms with Gasteiger partial charge in [0.1, 0.15) is 6.10 Å². The molecule has 32 heavy (non-hydrogen) atoms. The van der Waals surface area contributed by atoms with E-state index in [0.717, 1.165) is 19.4 Å². The third-order valence-electron chi connectivity index (χ3n) is 6.36. The molecule has 0 aliphatic carbocycles. The van der Waals surface area contributed by atoms with Gasteiger partial charge in [-0.3, -0.25) is 0 Å². The Morgan fingerprint density at radius 1 is 0.625 bits per heavy atom. The molecule has 4 aromatic rings. The monoisotopic (exact) mass is 419 g/mol. The van der Waals surface area contributed by atoms with Gasteiger partial charge in [0.15, 0.2) is 0 Å². The molecule has 0 amide bonds. The van der Waals surface area contributed by atoms with E-state index in [1.807, 2.05) is 0 Å². The van der Waals surface area contributed by atoms with Crippen LogP contribution in [0, 0.1) is 0 Å². The molecule has 2 atom stereocenters. The summed E-state index contributed by atoms with van der Waals surface area (Å²) in [5.41, 5.74) is 5.05. The van der Waals surface area contributed by atoms with Gasteiger partial charge in [0.2, 0.25) is 0 Å². The van der Waals surface area contributed by atoms with E-state index >= 15 is 0 Å². The minimum atomic E-state index is -0.0536. The van der Waals surface area contributed by atoms with E-state index in [1.54, 1.807) is 0 Å². The maximum atomic E-state index is 6.87. The fourth-order valence-electron chi connectivity index (χ4n) is 4.77. The molecule has 0 radical (unpaired) electrons. The molecule has 1 heterocycles. The van der Waals surface area contributed by atoms with Crippen LogP contribution >= 0.6 is 0 Å². The van der Waals surface area contributed by atoms with Crippen LogP contribution in [0.25, 0.3) is 0 Å². The van der Waals surface area contributed by atoms with Crippen molar-refractivity contribution in [2.45, 2.75) is 31.1 Å². The summed E-state index contributed by atoms with van der Waals surface area (Å²) in [6.07, 6.45) is 2.11. The van der Waals surface area contributed by atoms with Gasteiger partial charge in [-0.25, -0.2) is 0 Å². The largest absolute Gasteiger partial charge is 0.365 e. The SMILES string of the molecule is c1ccc(C(O[C@@H]2CCN(c3ccccc3)[C@@H](c3ccccc3)C2)c2ccccc2)cc1. The smallest absolute Gasteiger partial charge is 0.108 e. The third kappa shape index (κ3) is 4.61. The summed E-state index contributed by atoms with van der Waals surface area (Å²) in [5.74, 6) is 0. The average Bonchev–Trinajstić information content (AvgIpc) is 2.89. The van der Waals surface area contributed by atoms with Gasteiger partial charge in [-0.1, -0.05) is 109 Å². The predicted molar refractivity (Wildman–Crippen MR) is 132 cm³/mol. The first kappa shape index (κ1) is 20.5. The Hall–Kier alpha value is -3.36. The Morgan fingerprint density at radius 2 is 1.12 bits per heavy atom. The average molecular weight is 420 g/mol. The molecular formula is C30H29NO. The molecule has 0 bridgehead atoms. The fraction of sp³-hybridized carbons (Fsp3) is 0.200. The van der Waals surface area contributed by atoms with E-state index < -0.39 is 0 Å². The summed E-state index contributed by atoms with van der Waals surface area (Å²) in [7, 11) is 0. The highest BCUT2D eigenvalue weighted by molar-refractivity contribution is 5.49. The Balaban J connectivity index is 1.43. The van der Waals surface area contributed by atoms with Crippen molar-refractivity contribution in [3.05, 3.63) is 138 Å². The van der Waals surface area contributed by atoms with Crippen LogP contribution in [0.15, 0.2) is 121 Å². The summed E-state index contributed by atoms with van der Waals surface area (Å²) in [5, 5.41) is 0. The highest BCUT2D eigenvalue weighted by Gasteiger charge is 2.32. The van der Waals surface area contributed by atoms with Gasteiger partial charge in [0, 0.05) is 12.2 Å². The van der Waals surface area contributed by atoms with Crippen LogP contribution in [-0.2, 0) is 4.74 Å². The molecule has 1 saturated heterocycles. The van der Waals surface area contributed by atoms with Crippen molar-refractivity contribution in [3.63, 3.8) is 0 Å². The summed E-state index contributed by atoms with van der Waals surface area (Å²) >= 11 is 0. The minimum absolute atomic E-state index is 0.0536. The highest BCUT2D eigenvalue weighted by atomic mass is 16.5. The van der Waals surface area contributed by atoms with Crippen molar-refractivity contribution in [2.24, 2.45) is 0 Å². The van der Waals surface area contributed by atoms with Crippen LogP contribution in [-0.4, -0.2) is 12.6 Å². The molecule has 2 nitrogen and oxygen atoms in total. The summed E-state index contributed by atoms with van der Waals surface area (Å²) < 4.78 is 6.87. The first-order valence-electron chi connectivity index (χ1n) is 11.5. The number of para-hydroxylation sites is 1. The number of hydrogen-bond acceptors (Lipinski definition) is 2. The molecule has 4 aromatic carbocycles. The van der Waals surface area contributed by atoms with E-state index in [9.17, 15) is 0 Å². The van der Waals surface area contributed by atoms with Crippen molar-refractivity contribution < 1.29 is 4.74 Å². The quantitative estimate of drug-likeness (QED) is 0.327. The number of hydrogen-bond donors (Lipinski definition) is 0. The number of rotatable bonds is 6. The van der Waals surface area contributed by atoms with E-state index in [2.05, 4.69) is 126 Å². The summed E-state index contributed by atoms with van der Waals surface area (Å²) in [6.45, 7) is 0.977. The summed E-state index contributed by atoms with van der Waals surface area (Å²) in [6, 6.07) is 43.1. The van der Waals surface area contributed by atoms with E-state index in [-0.39, 0.29) is 12.2 Å². The number of piperidine rings is 1. The van der Waals surface area contributed by atoms with Crippen LogP contribution in [0.2, 0.25) is 0 Å². The topological polar surface area (TPSA) is 12.5 Å².